The van der Waals surface area contributed by atoms with Gasteiger partial charge in [0.15, 0.2) is 0 Å². The second kappa shape index (κ2) is 4.20. The van der Waals surface area contributed by atoms with E-state index in [2.05, 4.69) is 39.9 Å². The summed E-state index contributed by atoms with van der Waals surface area (Å²) < 4.78 is 26.4. The highest BCUT2D eigenvalue weighted by Crippen LogP contribution is 2.64. The molecule has 0 saturated heterocycles. The van der Waals surface area contributed by atoms with Crippen molar-refractivity contribution in [3.8, 4) is 0 Å². The van der Waals surface area contributed by atoms with E-state index in [1.807, 2.05) is 0 Å². The Bertz CT molecular complexity index is 457. The molecule has 1 amide bonds. The van der Waals surface area contributed by atoms with Crippen molar-refractivity contribution in [2.45, 2.75) is 65.8 Å². The lowest BCUT2D eigenvalue weighted by Crippen LogP contribution is -2.44. The lowest BCUT2D eigenvalue weighted by Gasteiger charge is -2.40. The van der Waals surface area contributed by atoms with Crippen LogP contribution >= 0.6 is 0 Å². The third kappa shape index (κ3) is 1.97. The van der Waals surface area contributed by atoms with Crippen LogP contribution in [0.2, 0.25) is 0 Å². The molecule has 2 nitrogen and oxygen atoms in total. The SMILES string of the molecule is C[C@@H]1C[C@H](C(=O)NC2CC3C(C2)C3(F)F)C(C)(C)C1(C)C. The molecule has 0 aliphatic heterocycles. The summed E-state index contributed by atoms with van der Waals surface area (Å²) in [7, 11) is 0. The van der Waals surface area contributed by atoms with Crippen LogP contribution in [-0.2, 0) is 4.79 Å². The zero-order chi connectivity index (χ0) is 15.8. The molecule has 21 heavy (non-hydrogen) atoms. The minimum absolute atomic E-state index is 0.0139. The number of rotatable bonds is 2. The zero-order valence-electron chi connectivity index (χ0n) is 13.7. The molecule has 3 fully saturated rings. The predicted octanol–water partition coefficient (Wildman–Crippen LogP) is 3.85. The van der Waals surface area contributed by atoms with Crippen LogP contribution < -0.4 is 5.32 Å². The lowest BCUT2D eigenvalue weighted by atomic mass is 9.64. The van der Waals surface area contributed by atoms with E-state index in [4.69, 9.17) is 0 Å². The fraction of sp³-hybridized carbons (Fsp3) is 0.941. The summed E-state index contributed by atoms with van der Waals surface area (Å²) in [5.41, 5.74) is 0.0435. The van der Waals surface area contributed by atoms with Crippen molar-refractivity contribution >= 4 is 5.91 Å². The van der Waals surface area contributed by atoms with Gasteiger partial charge in [0.2, 0.25) is 5.91 Å². The minimum Gasteiger partial charge on any atom is -0.353 e. The summed E-state index contributed by atoms with van der Waals surface area (Å²) in [6, 6.07) is -0.0399. The third-order valence-electron chi connectivity index (χ3n) is 7.46. The minimum atomic E-state index is -2.45. The van der Waals surface area contributed by atoms with Crippen molar-refractivity contribution in [1.29, 1.82) is 0 Å². The van der Waals surface area contributed by atoms with Crippen LogP contribution in [0.15, 0.2) is 0 Å². The van der Waals surface area contributed by atoms with E-state index in [-0.39, 0.29) is 28.7 Å². The van der Waals surface area contributed by atoms with Gasteiger partial charge in [-0.1, -0.05) is 34.6 Å². The second-order valence-corrected chi connectivity index (χ2v) is 8.70. The molecular formula is C17H27F2NO. The highest BCUT2D eigenvalue weighted by Gasteiger charge is 2.71. The van der Waals surface area contributed by atoms with E-state index in [9.17, 15) is 13.6 Å². The molecule has 3 saturated carbocycles. The summed E-state index contributed by atoms with van der Waals surface area (Å²) in [6.07, 6.45) is 1.80. The van der Waals surface area contributed by atoms with E-state index in [1.165, 1.54) is 0 Å². The number of halogens is 2. The Hall–Kier alpha value is -0.670. The molecule has 120 valence electrons. The number of carbonyl (C=O) groups excluding carboxylic acids is 1. The van der Waals surface area contributed by atoms with Crippen LogP contribution in [0.1, 0.15) is 53.9 Å². The van der Waals surface area contributed by atoms with Crippen LogP contribution in [0.25, 0.3) is 0 Å². The zero-order valence-corrected chi connectivity index (χ0v) is 13.7. The van der Waals surface area contributed by atoms with E-state index >= 15 is 0 Å². The highest BCUT2D eigenvalue weighted by atomic mass is 19.3. The van der Waals surface area contributed by atoms with Gasteiger partial charge in [-0.15, -0.1) is 0 Å². The van der Waals surface area contributed by atoms with Crippen molar-refractivity contribution in [2.24, 2.45) is 34.5 Å². The van der Waals surface area contributed by atoms with E-state index in [0.717, 1.165) is 6.42 Å². The Labute approximate surface area is 126 Å². The maximum atomic E-state index is 13.2. The van der Waals surface area contributed by atoms with E-state index in [0.29, 0.717) is 18.8 Å². The highest BCUT2D eigenvalue weighted by molar-refractivity contribution is 5.80. The molecule has 0 radical (unpaired) electrons. The number of amides is 1. The lowest BCUT2D eigenvalue weighted by molar-refractivity contribution is -0.130. The average Bonchev–Trinajstić information content (AvgIpc) is 2.71. The topological polar surface area (TPSA) is 29.1 Å². The predicted molar refractivity (Wildman–Crippen MR) is 77.9 cm³/mol. The maximum absolute atomic E-state index is 13.2. The van der Waals surface area contributed by atoms with Gasteiger partial charge in [0.05, 0.1) is 0 Å². The van der Waals surface area contributed by atoms with Gasteiger partial charge in [-0.3, -0.25) is 4.79 Å². The Balaban J connectivity index is 1.63. The number of fused-ring (bicyclic) bond motifs is 1. The monoisotopic (exact) mass is 299 g/mol. The number of carbonyl (C=O) groups is 1. The summed E-state index contributed by atoms with van der Waals surface area (Å²) in [6.45, 7) is 11.0. The van der Waals surface area contributed by atoms with Crippen molar-refractivity contribution in [3.63, 3.8) is 0 Å². The molecule has 0 bridgehead atoms. The van der Waals surface area contributed by atoms with Crippen molar-refractivity contribution in [2.75, 3.05) is 0 Å². The van der Waals surface area contributed by atoms with Crippen LogP contribution in [0.4, 0.5) is 8.78 Å². The van der Waals surface area contributed by atoms with Crippen molar-refractivity contribution < 1.29 is 13.6 Å². The van der Waals surface area contributed by atoms with Gasteiger partial charge in [-0.2, -0.15) is 0 Å². The number of alkyl halides is 2. The first kappa shape index (κ1) is 15.2. The van der Waals surface area contributed by atoms with Gasteiger partial charge in [0.25, 0.3) is 5.92 Å². The van der Waals surface area contributed by atoms with Gasteiger partial charge in [0.1, 0.15) is 0 Å². The van der Waals surface area contributed by atoms with Gasteiger partial charge < -0.3 is 5.32 Å². The van der Waals surface area contributed by atoms with Gasteiger partial charge in [-0.05, 0) is 36.0 Å². The molecule has 3 aliphatic rings. The third-order valence-corrected chi connectivity index (χ3v) is 7.46. The molecule has 0 aromatic rings. The molecule has 4 heteroatoms. The van der Waals surface area contributed by atoms with E-state index in [1.54, 1.807) is 0 Å². The summed E-state index contributed by atoms with van der Waals surface area (Å²) in [5, 5.41) is 3.06. The van der Waals surface area contributed by atoms with Gasteiger partial charge in [0, 0.05) is 23.8 Å². The van der Waals surface area contributed by atoms with E-state index < -0.39 is 17.8 Å². The molecular weight excluding hydrogens is 272 g/mol. The summed E-state index contributed by atoms with van der Waals surface area (Å²) in [4.78, 5) is 12.6. The molecule has 3 rings (SSSR count). The van der Waals surface area contributed by atoms with Gasteiger partial charge in [-0.25, -0.2) is 8.78 Å². The second-order valence-electron chi connectivity index (χ2n) is 8.70. The largest absolute Gasteiger partial charge is 0.353 e. The Kier molecular flexibility index (Phi) is 3.05. The Morgan fingerprint density at radius 1 is 1.00 bits per heavy atom. The standard InChI is InChI=1S/C17H27F2NO/c1-9-6-13(16(4,5)15(9,2)3)14(21)20-10-7-11-12(8-10)17(11,18)19/h9-13H,6-8H2,1-5H3,(H,20,21)/t9-,10?,11?,12?,13-/m1/s1. The molecule has 2 unspecified atom stereocenters. The smallest absolute Gasteiger partial charge is 0.254 e. The van der Waals surface area contributed by atoms with Crippen LogP contribution in [0.5, 0.6) is 0 Å². The quantitative estimate of drug-likeness (QED) is 0.824. The van der Waals surface area contributed by atoms with Crippen LogP contribution in [0, 0.1) is 34.5 Å². The van der Waals surface area contributed by atoms with Crippen molar-refractivity contribution in [3.05, 3.63) is 0 Å². The molecule has 4 atom stereocenters. The van der Waals surface area contributed by atoms with Gasteiger partial charge >= 0.3 is 0 Å². The first-order chi connectivity index (χ1) is 9.49. The Morgan fingerprint density at radius 3 is 1.95 bits per heavy atom. The fourth-order valence-corrected chi connectivity index (χ4v) is 4.69. The van der Waals surface area contributed by atoms with Crippen LogP contribution in [0.3, 0.4) is 0 Å². The number of nitrogens with one attached hydrogen (secondary N) is 1. The number of hydrogen-bond acceptors (Lipinski definition) is 1. The Morgan fingerprint density at radius 2 is 1.52 bits per heavy atom. The molecule has 0 aromatic carbocycles. The van der Waals surface area contributed by atoms with Crippen molar-refractivity contribution in [1.82, 2.24) is 5.32 Å². The first-order valence-corrected chi connectivity index (χ1v) is 8.17. The maximum Gasteiger partial charge on any atom is 0.254 e. The first-order valence-electron chi connectivity index (χ1n) is 8.17. The molecule has 0 aromatic heterocycles. The average molecular weight is 299 g/mol. The summed E-state index contributed by atoms with van der Waals surface area (Å²) in [5.74, 6) is -2.86. The fourth-order valence-electron chi connectivity index (χ4n) is 4.69. The molecule has 1 N–H and O–H groups in total. The number of hydrogen-bond donors (Lipinski definition) is 1. The van der Waals surface area contributed by atoms with Crippen LogP contribution in [-0.4, -0.2) is 17.9 Å². The normalized spacial score (nSPS) is 45.2. The molecule has 3 aliphatic carbocycles. The molecule has 0 heterocycles. The summed E-state index contributed by atoms with van der Waals surface area (Å²) >= 11 is 0. The molecule has 0 spiro atoms.